The van der Waals surface area contributed by atoms with Gasteiger partial charge in [0.2, 0.25) is 10.0 Å². The summed E-state index contributed by atoms with van der Waals surface area (Å²) in [5.41, 5.74) is 1.74. The van der Waals surface area contributed by atoms with E-state index in [-0.39, 0.29) is 16.4 Å². The Labute approximate surface area is 200 Å². The third-order valence-electron chi connectivity index (χ3n) is 6.22. The van der Waals surface area contributed by atoms with E-state index in [1.54, 1.807) is 32.4 Å². The van der Waals surface area contributed by atoms with Crippen LogP contribution in [0, 0.1) is 6.92 Å². The largest absolute Gasteiger partial charge is 0.497 e. The maximum atomic E-state index is 13.3. The van der Waals surface area contributed by atoms with E-state index in [0.29, 0.717) is 30.2 Å². The molecule has 1 unspecified atom stereocenters. The minimum Gasteiger partial charge on any atom is -0.497 e. The molecule has 2 aromatic carbocycles. The van der Waals surface area contributed by atoms with Gasteiger partial charge >= 0.3 is 0 Å². The number of amides is 1. The Morgan fingerprint density at radius 3 is 2.41 bits per heavy atom. The molecule has 0 aliphatic carbocycles. The average molecular weight is 483 g/mol. The molecule has 4 rings (SSSR count). The van der Waals surface area contributed by atoms with Crippen molar-refractivity contribution in [1.82, 2.24) is 19.2 Å². The number of carbonyl (C=O) groups is 1. The first-order valence-electron chi connectivity index (χ1n) is 11.3. The topological polar surface area (TPSA) is 93.5 Å². The smallest absolute Gasteiger partial charge is 0.252 e. The van der Waals surface area contributed by atoms with Crippen LogP contribution in [0.2, 0.25) is 0 Å². The van der Waals surface area contributed by atoms with E-state index in [4.69, 9.17) is 4.74 Å². The molecule has 180 valence electrons. The molecular weight excluding hydrogens is 452 g/mol. The second kappa shape index (κ2) is 9.99. The van der Waals surface area contributed by atoms with E-state index in [2.05, 4.69) is 10.3 Å². The number of methoxy groups -OCH3 is 1. The van der Waals surface area contributed by atoms with Gasteiger partial charge in [-0.25, -0.2) is 13.4 Å². The summed E-state index contributed by atoms with van der Waals surface area (Å²) in [7, 11) is -0.206. The number of rotatable bonds is 7. The molecule has 0 bridgehead atoms. The fourth-order valence-electron chi connectivity index (χ4n) is 4.23. The van der Waals surface area contributed by atoms with Crippen molar-refractivity contribution in [2.45, 2.75) is 37.1 Å². The van der Waals surface area contributed by atoms with E-state index < -0.39 is 16.1 Å². The number of sulfonamides is 1. The maximum Gasteiger partial charge on any atom is 0.252 e. The first kappa shape index (κ1) is 24.0. The Morgan fingerprint density at radius 2 is 1.79 bits per heavy atom. The zero-order valence-corrected chi connectivity index (χ0v) is 20.5. The van der Waals surface area contributed by atoms with Gasteiger partial charge in [-0.15, -0.1) is 0 Å². The van der Waals surface area contributed by atoms with Crippen LogP contribution in [0.1, 0.15) is 52.6 Å². The molecule has 8 nitrogen and oxygen atoms in total. The van der Waals surface area contributed by atoms with Gasteiger partial charge in [-0.1, -0.05) is 24.6 Å². The lowest BCUT2D eigenvalue weighted by atomic mass is 10.0. The van der Waals surface area contributed by atoms with Gasteiger partial charge in [-0.3, -0.25) is 4.79 Å². The zero-order valence-electron chi connectivity index (χ0n) is 19.7. The quantitative estimate of drug-likeness (QED) is 0.557. The molecule has 1 aromatic heterocycles. The summed E-state index contributed by atoms with van der Waals surface area (Å²) in [5.74, 6) is 0.991. The molecule has 9 heteroatoms. The van der Waals surface area contributed by atoms with Crippen LogP contribution in [0.15, 0.2) is 59.8 Å². The molecule has 1 N–H and O–H groups in total. The molecule has 0 radical (unpaired) electrons. The Bertz CT molecular complexity index is 1260. The van der Waals surface area contributed by atoms with Gasteiger partial charge in [-0.05, 0) is 55.2 Å². The van der Waals surface area contributed by atoms with Crippen molar-refractivity contribution in [3.8, 4) is 5.75 Å². The van der Waals surface area contributed by atoms with Crippen molar-refractivity contribution in [3.63, 3.8) is 0 Å². The average Bonchev–Trinajstić information content (AvgIpc) is 3.28. The van der Waals surface area contributed by atoms with Gasteiger partial charge in [0.05, 0.1) is 12.0 Å². The highest BCUT2D eigenvalue weighted by Gasteiger charge is 2.29. The fourth-order valence-corrected chi connectivity index (χ4v) is 5.99. The number of hydrogen-bond donors (Lipinski definition) is 1. The molecule has 1 saturated heterocycles. The number of ether oxygens (including phenoxy) is 1. The first-order valence-corrected chi connectivity index (χ1v) is 12.8. The second-order valence-corrected chi connectivity index (χ2v) is 10.4. The number of hydrogen-bond acceptors (Lipinski definition) is 5. The summed E-state index contributed by atoms with van der Waals surface area (Å²) in [6.45, 7) is 2.78. The summed E-state index contributed by atoms with van der Waals surface area (Å²) in [5, 5.41) is 3.04. The molecule has 0 saturated carbocycles. The predicted molar refractivity (Wildman–Crippen MR) is 129 cm³/mol. The summed E-state index contributed by atoms with van der Waals surface area (Å²) >= 11 is 0. The van der Waals surface area contributed by atoms with Crippen molar-refractivity contribution >= 4 is 15.9 Å². The van der Waals surface area contributed by atoms with Crippen LogP contribution in [-0.4, -0.2) is 48.4 Å². The van der Waals surface area contributed by atoms with Crippen LogP contribution >= 0.6 is 0 Å². The van der Waals surface area contributed by atoms with Gasteiger partial charge in [-0.2, -0.15) is 4.31 Å². The minimum absolute atomic E-state index is 0.181. The molecule has 1 amide bonds. The molecule has 1 aliphatic heterocycles. The number of imidazole rings is 1. The molecule has 34 heavy (non-hydrogen) atoms. The first-order chi connectivity index (χ1) is 16.3. The molecule has 1 atom stereocenters. The van der Waals surface area contributed by atoms with E-state index in [0.717, 1.165) is 24.8 Å². The Hall–Kier alpha value is -3.17. The van der Waals surface area contributed by atoms with Gasteiger partial charge < -0.3 is 14.6 Å². The predicted octanol–water partition coefficient (Wildman–Crippen LogP) is 3.43. The lowest BCUT2D eigenvalue weighted by Gasteiger charge is -2.26. The molecule has 2 heterocycles. The summed E-state index contributed by atoms with van der Waals surface area (Å²) in [6.07, 6.45) is 6.23. The normalized spacial score (nSPS) is 15.6. The van der Waals surface area contributed by atoms with E-state index >= 15 is 0 Å². The Morgan fingerprint density at radius 1 is 1.09 bits per heavy atom. The zero-order chi connectivity index (χ0) is 24.3. The van der Waals surface area contributed by atoms with Crippen molar-refractivity contribution < 1.29 is 17.9 Å². The van der Waals surface area contributed by atoms with E-state index in [9.17, 15) is 13.2 Å². The van der Waals surface area contributed by atoms with Crippen LogP contribution < -0.4 is 10.1 Å². The van der Waals surface area contributed by atoms with Gasteiger partial charge in [0.25, 0.3) is 5.91 Å². The molecule has 0 spiro atoms. The summed E-state index contributed by atoms with van der Waals surface area (Å²) in [6, 6.07) is 11.7. The highest BCUT2D eigenvalue weighted by molar-refractivity contribution is 7.89. The number of carbonyl (C=O) groups excluding carboxylic acids is 1. The summed E-state index contributed by atoms with van der Waals surface area (Å²) in [4.78, 5) is 18.0. The van der Waals surface area contributed by atoms with Crippen molar-refractivity contribution in [2.24, 2.45) is 7.05 Å². The molecular formula is C25H30N4O4S. The number of nitrogens with zero attached hydrogens (tertiary/aromatic N) is 3. The van der Waals surface area contributed by atoms with E-state index in [1.165, 1.54) is 10.4 Å². The van der Waals surface area contributed by atoms with E-state index in [1.807, 2.05) is 42.1 Å². The van der Waals surface area contributed by atoms with Gasteiger partial charge in [0.1, 0.15) is 17.6 Å². The SMILES string of the molecule is COc1ccc(C(NC(=O)c2ccc(C)c(S(=O)(=O)N3CCCCC3)c2)c2nccn2C)cc1. The van der Waals surface area contributed by atoms with Crippen LogP contribution in [0.25, 0.3) is 0 Å². The highest BCUT2D eigenvalue weighted by Crippen LogP contribution is 2.26. The number of aryl methyl sites for hydroxylation is 2. The standard InChI is InChI=1S/C25H30N4O4S/c1-18-7-8-20(17-22(18)34(31,32)29-14-5-4-6-15-29)25(30)27-23(24-26-13-16-28(24)2)19-9-11-21(33-3)12-10-19/h7-13,16-17,23H,4-6,14-15H2,1-3H3,(H,27,30). The Kier molecular flexibility index (Phi) is 7.04. The lowest BCUT2D eigenvalue weighted by Crippen LogP contribution is -2.36. The highest BCUT2D eigenvalue weighted by atomic mass is 32.2. The van der Waals surface area contributed by atoms with Crippen LogP contribution in [-0.2, 0) is 17.1 Å². The third-order valence-corrected chi connectivity index (χ3v) is 8.27. The fraction of sp³-hybridized carbons (Fsp3) is 0.360. The van der Waals surface area contributed by atoms with Crippen LogP contribution in [0.3, 0.4) is 0 Å². The minimum atomic E-state index is -3.66. The molecule has 1 fully saturated rings. The summed E-state index contributed by atoms with van der Waals surface area (Å²) < 4.78 is 35.2. The molecule has 1 aliphatic rings. The number of nitrogens with one attached hydrogen (secondary N) is 1. The monoisotopic (exact) mass is 482 g/mol. The second-order valence-electron chi connectivity index (χ2n) is 8.52. The van der Waals surface area contributed by atoms with Crippen LogP contribution in [0.5, 0.6) is 5.75 Å². The van der Waals surface area contributed by atoms with Gasteiger partial charge in [0, 0.05) is 38.1 Å². The van der Waals surface area contributed by atoms with Crippen LogP contribution in [0.4, 0.5) is 0 Å². The number of aromatic nitrogens is 2. The maximum absolute atomic E-state index is 13.3. The van der Waals surface area contributed by atoms with Crippen molar-refractivity contribution in [2.75, 3.05) is 20.2 Å². The number of benzene rings is 2. The lowest BCUT2D eigenvalue weighted by molar-refractivity contribution is 0.0941. The molecule has 3 aromatic rings. The van der Waals surface area contributed by atoms with Crippen molar-refractivity contribution in [3.05, 3.63) is 77.4 Å². The van der Waals surface area contributed by atoms with Crippen molar-refractivity contribution in [1.29, 1.82) is 0 Å². The van der Waals surface area contributed by atoms with Gasteiger partial charge in [0.15, 0.2) is 0 Å². The number of piperidine rings is 1. The third kappa shape index (κ3) is 4.85. The Balaban J connectivity index is 1.65.